The molecule has 6 heteroatoms. The third-order valence-electron chi connectivity index (χ3n) is 5.00. The number of fused-ring (bicyclic) bond motifs is 1. The van der Waals surface area contributed by atoms with Crippen LogP contribution in [0.2, 0.25) is 0 Å². The van der Waals surface area contributed by atoms with E-state index < -0.39 is 0 Å². The van der Waals surface area contributed by atoms with Gasteiger partial charge in [-0.05, 0) is 12.3 Å². The van der Waals surface area contributed by atoms with E-state index in [4.69, 9.17) is 9.72 Å². The first-order valence-electron chi connectivity index (χ1n) is 8.64. The van der Waals surface area contributed by atoms with Crippen molar-refractivity contribution in [3.8, 4) is 0 Å². The minimum atomic E-state index is 0.422. The van der Waals surface area contributed by atoms with Crippen LogP contribution in [0.3, 0.4) is 0 Å². The fourth-order valence-electron chi connectivity index (χ4n) is 3.63. The highest BCUT2D eigenvalue weighted by Gasteiger charge is 2.30. The molecule has 0 spiro atoms. The minimum Gasteiger partial charge on any atom is -0.379 e. The summed E-state index contributed by atoms with van der Waals surface area (Å²) in [7, 11) is 0. The lowest BCUT2D eigenvalue weighted by atomic mass is 10.1. The Kier molecular flexibility index (Phi) is 3.95. The molecule has 4 rings (SSSR count). The summed E-state index contributed by atoms with van der Waals surface area (Å²) < 4.78 is 7.46. The van der Waals surface area contributed by atoms with Gasteiger partial charge in [0.15, 0.2) is 5.65 Å². The van der Waals surface area contributed by atoms with E-state index in [9.17, 15) is 0 Å². The first-order chi connectivity index (χ1) is 11.2. The molecule has 23 heavy (non-hydrogen) atoms. The molecule has 2 aromatic rings. The molecule has 2 saturated heterocycles. The molecule has 2 aliphatic heterocycles. The lowest BCUT2D eigenvalue weighted by molar-refractivity contribution is 0.0209. The van der Waals surface area contributed by atoms with Crippen LogP contribution < -0.4 is 4.90 Å². The molecule has 0 N–H and O–H groups in total. The van der Waals surface area contributed by atoms with Crippen molar-refractivity contribution in [3.63, 3.8) is 0 Å². The summed E-state index contributed by atoms with van der Waals surface area (Å²) in [6, 6.07) is 4.83. The highest BCUT2D eigenvalue weighted by Crippen LogP contribution is 2.26. The third-order valence-corrected chi connectivity index (χ3v) is 5.00. The van der Waals surface area contributed by atoms with Gasteiger partial charge in [0.2, 0.25) is 0 Å². The normalized spacial score (nSPS) is 23.3. The van der Waals surface area contributed by atoms with Crippen LogP contribution in [0.5, 0.6) is 0 Å². The van der Waals surface area contributed by atoms with Crippen LogP contribution in [0.15, 0.2) is 18.3 Å². The molecule has 124 valence electrons. The van der Waals surface area contributed by atoms with Crippen LogP contribution in [0, 0.1) is 0 Å². The highest BCUT2D eigenvalue weighted by atomic mass is 16.5. The predicted octanol–water partition coefficient (Wildman–Crippen LogP) is 1.76. The standard InChI is InChI=1S/C17H25N5O/c1-13(2)15-11-17(22-16(19-15)3-5-18-22)21-6-4-14(12-21)20-7-9-23-10-8-20/h3,5,11,13-14H,4,6-10,12H2,1-2H3/t14-/m0/s1. The third kappa shape index (κ3) is 2.81. The molecule has 4 heterocycles. The van der Waals surface area contributed by atoms with E-state index in [2.05, 4.69) is 34.8 Å². The Morgan fingerprint density at radius 3 is 2.83 bits per heavy atom. The molecule has 0 saturated carbocycles. The molecular formula is C17H25N5O. The molecule has 0 amide bonds. The van der Waals surface area contributed by atoms with Crippen LogP contribution in [0.1, 0.15) is 31.9 Å². The van der Waals surface area contributed by atoms with Crippen molar-refractivity contribution in [1.29, 1.82) is 0 Å². The van der Waals surface area contributed by atoms with Gasteiger partial charge in [-0.3, -0.25) is 4.90 Å². The quantitative estimate of drug-likeness (QED) is 0.864. The molecule has 6 nitrogen and oxygen atoms in total. The van der Waals surface area contributed by atoms with Crippen molar-refractivity contribution in [2.75, 3.05) is 44.3 Å². The topological polar surface area (TPSA) is 45.9 Å². The van der Waals surface area contributed by atoms with E-state index in [1.54, 1.807) is 0 Å². The van der Waals surface area contributed by atoms with Gasteiger partial charge in [0.05, 0.1) is 19.4 Å². The Morgan fingerprint density at radius 2 is 2.04 bits per heavy atom. The first kappa shape index (κ1) is 14.9. The lowest BCUT2D eigenvalue weighted by Crippen LogP contribution is -2.44. The molecule has 1 atom stereocenters. The van der Waals surface area contributed by atoms with Crippen LogP contribution in [0.4, 0.5) is 5.82 Å². The minimum absolute atomic E-state index is 0.422. The number of aromatic nitrogens is 3. The van der Waals surface area contributed by atoms with Gasteiger partial charge in [0.25, 0.3) is 0 Å². The number of anilines is 1. The number of ether oxygens (including phenoxy) is 1. The second kappa shape index (κ2) is 6.09. The van der Waals surface area contributed by atoms with Crippen molar-refractivity contribution in [3.05, 3.63) is 24.0 Å². The van der Waals surface area contributed by atoms with Crippen LogP contribution in [-0.4, -0.2) is 64.9 Å². The van der Waals surface area contributed by atoms with Crippen LogP contribution >= 0.6 is 0 Å². The largest absolute Gasteiger partial charge is 0.379 e. The average molecular weight is 315 g/mol. The maximum Gasteiger partial charge on any atom is 0.157 e. The van der Waals surface area contributed by atoms with E-state index in [0.29, 0.717) is 12.0 Å². The Hall–Kier alpha value is -1.66. The fourth-order valence-corrected chi connectivity index (χ4v) is 3.63. The smallest absolute Gasteiger partial charge is 0.157 e. The van der Waals surface area contributed by atoms with Gasteiger partial charge in [-0.2, -0.15) is 9.61 Å². The summed E-state index contributed by atoms with van der Waals surface area (Å²) in [6.07, 6.45) is 3.05. The second-order valence-electron chi connectivity index (χ2n) is 6.83. The molecular weight excluding hydrogens is 290 g/mol. The Bertz CT molecular complexity index is 677. The molecule has 0 aromatic carbocycles. The molecule has 0 bridgehead atoms. The van der Waals surface area contributed by atoms with E-state index in [1.807, 2.05) is 16.8 Å². The number of nitrogens with zero attached hydrogens (tertiary/aromatic N) is 5. The number of morpholine rings is 1. The van der Waals surface area contributed by atoms with E-state index in [0.717, 1.165) is 50.7 Å². The summed E-state index contributed by atoms with van der Waals surface area (Å²) in [4.78, 5) is 9.77. The van der Waals surface area contributed by atoms with Gasteiger partial charge in [0, 0.05) is 50.0 Å². The second-order valence-corrected chi connectivity index (χ2v) is 6.83. The molecule has 2 aliphatic rings. The summed E-state index contributed by atoms with van der Waals surface area (Å²) in [6.45, 7) is 10.4. The van der Waals surface area contributed by atoms with Gasteiger partial charge in [0.1, 0.15) is 5.82 Å². The molecule has 0 aliphatic carbocycles. The van der Waals surface area contributed by atoms with Gasteiger partial charge in [-0.15, -0.1) is 0 Å². The van der Waals surface area contributed by atoms with Gasteiger partial charge in [-0.25, -0.2) is 4.98 Å². The summed E-state index contributed by atoms with van der Waals surface area (Å²) >= 11 is 0. The van der Waals surface area contributed by atoms with Crippen LogP contribution in [0.25, 0.3) is 5.65 Å². The summed E-state index contributed by atoms with van der Waals surface area (Å²) in [5.41, 5.74) is 2.09. The number of hydrogen-bond donors (Lipinski definition) is 0. The zero-order valence-electron chi connectivity index (χ0n) is 14.0. The predicted molar refractivity (Wildman–Crippen MR) is 90.1 cm³/mol. The molecule has 0 radical (unpaired) electrons. The lowest BCUT2D eigenvalue weighted by Gasteiger charge is -2.32. The maximum atomic E-state index is 5.48. The highest BCUT2D eigenvalue weighted by molar-refractivity contribution is 5.52. The average Bonchev–Trinajstić information content (AvgIpc) is 3.24. The number of hydrogen-bond acceptors (Lipinski definition) is 5. The van der Waals surface area contributed by atoms with Gasteiger partial charge < -0.3 is 9.64 Å². The van der Waals surface area contributed by atoms with Gasteiger partial charge >= 0.3 is 0 Å². The van der Waals surface area contributed by atoms with E-state index >= 15 is 0 Å². The maximum absolute atomic E-state index is 5.48. The monoisotopic (exact) mass is 315 g/mol. The van der Waals surface area contributed by atoms with Crippen molar-refractivity contribution >= 4 is 11.5 Å². The van der Waals surface area contributed by atoms with E-state index in [1.165, 1.54) is 12.2 Å². The summed E-state index contributed by atoms with van der Waals surface area (Å²) in [5.74, 6) is 1.60. The van der Waals surface area contributed by atoms with Crippen molar-refractivity contribution in [1.82, 2.24) is 19.5 Å². The summed E-state index contributed by atoms with van der Waals surface area (Å²) in [5, 5.41) is 4.48. The van der Waals surface area contributed by atoms with Crippen molar-refractivity contribution in [2.24, 2.45) is 0 Å². The van der Waals surface area contributed by atoms with Crippen LogP contribution in [-0.2, 0) is 4.74 Å². The molecule has 2 aromatic heterocycles. The Balaban J connectivity index is 1.60. The fraction of sp³-hybridized carbons (Fsp3) is 0.647. The molecule has 0 unspecified atom stereocenters. The Labute approximate surface area is 137 Å². The SMILES string of the molecule is CC(C)c1cc(N2CC[C@H](N3CCOCC3)C2)n2nccc2n1. The van der Waals surface area contributed by atoms with E-state index in [-0.39, 0.29) is 0 Å². The number of rotatable bonds is 3. The van der Waals surface area contributed by atoms with Crippen molar-refractivity contribution in [2.45, 2.75) is 32.2 Å². The first-order valence-corrected chi connectivity index (χ1v) is 8.64. The van der Waals surface area contributed by atoms with Crippen molar-refractivity contribution < 1.29 is 4.74 Å². The zero-order chi connectivity index (χ0) is 15.8. The van der Waals surface area contributed by atoms with Gasteiger partial charge in [-0.1, -0.05) is 13.8 Å². The Morgan fingerprint density at radius 1 is 1.22 bits per heavy atom. The molecule has 2 fully saturated rings. The zero-order valence-corrected chi connectivity index (χ0v) is 14.0.